The molecule has 2 unspecified atom stereocenters. The van der Waals surface area contributed by atoms with Crippen LogP contribution >= 0.6 is 0 Å². The summed E-state index contributed by atoms with van der Waals surface area (Å²) >= 11 is 0. The number of hydrogen-bond acceptors (Lipinski definition) is 2. The summed E-state index contributed by atoms with van der Waals surface area (Å²) in [6, 6.07) is 10.8. The molecule has 2 aromatic heterocycles. The van der Waals surface area contributed by atoms with Gasteiger partial charge in [-0.15, -0.1) is 0 Å². The number of aromatic amines is 1. The van der Waals surface area contributed by atoms with E-state index in [2.05, 4.69) is 57.4 Å². The average molecular weight is 329 g/mol. The largest absolute Gasteiger partial charge is 0.357 e. The average Bonchev–Trinajstić information content (AvgIpc) is 3.01. The molecule has 0 spiro atoms. The molecule has 5 rings (SSSR count). The highest BCUT2D eigenvalue weighted by atomic mass is 15.1. The maximum atomic E-state index is 4.38. The van der Waals surface area contributed by atoms with E-state index in [-0.39, 0.29) is 0 Å². The molecule has 2 atom stereocenters. The van der Waals surface area contributed by atoms with E-state index >= 15 is 0 Å². The Morgan fingerprint density at radius 2 is 2.16 bits per heavy atom. The van der Waals surface area contributed by atoms with Gasteiger partial charge in [-0.05, 0) is 49.1 Å². The van der Waals surface area contributed by atoms with Crippen LogP contribution in [-0.4, -0.2) is 28.0 Å². The molecule has 0 aliphatic carbocycles. The Hall–Kier alpha value is -2.39. The summed E-state index contributed by atoms with van der Waals surface area (Å²) < 4.78 is 0. The Morgan fingerprint density at radius 1 is 1.20 bits per heavy atom. The molecule has 3 heteroatoms. The van der Waals surface area contributed by atoms with E-state index in [1.807, 2.05) is 13.1 Å². The van der Waals surface area contributed by atoms with Crippen molar-refractivity contribution in [1.82, 2.24) is 14.9 Å². The van der Waals surface area contributed by atoms with Crippen LogP contribution in [0.25, 0.3) is 23.1 Å². The van der Waals surface area contributed by atoms with Crippen LogP contribution in [0.4, 0.5) is 0 Å². The molecule has 0 saturated carbocycles. The number of aromatic nitrogens is 2. The minimum atomic E-state index is 0.683. The number of pyridine rings is 1. The summed E-state index contributed by atoms with van der Waals surface area (Å²) in [6.07, 6.45) is 8.94. The third kappa shape index (κ3) is 2.59. The van der Waals surface area contributed by atoms with Crippen molar-refractivity contribution in [2.24, 2.45) is 0 Å². The van der Waals surface area contributed by atoms with Gasteiger partial charge >= 0.3 is 0 Å². The standard InChI is InChI=1S/C22H23N3/c1-15-7-8-16(12-23-15)9-10-17-4-2-6-19-20-14-25-11-3-5-18(13-25)22(20)24-21(17)19/h2,4,6-10,12,18,24H,3,5,11,13-14H2,1H3/b10-9+. The lowest BCUT2D eigenvalue weighted by Gasteiger charge is -2.37. The summed E-state index contributed by atoms with van der Waals surface area (Å²) in [5.74, 6) is 0.683. The van der Waals surface area contributed by atoms with Gasteiger partial charge in [-0.1, -0.05) is 36.4 Å². The number of nitrogens with one attached hydrogen (secondary N) is 1. The first-order chi connectivity index (χ1) is 12.3. The second-order valence-corrected chi connectivity index (χ2v) is 7.43. The third-order valence-corrected chi connectivity index (χ3v) is 5.69. The minimum Gasteiger partial charge on any atom is -0.357 e. The number of piperidine rings is 1. The molecule has 1 fully saturated rings. The number of H-pyrrole nitrogens is 1. The van der Waals surface area contributed by atoms with E-state index in [0.717, 1.165) is 17.8 Å². The molecule has 2 bridgehead atoms. The van der Waals surface area contributed by atoms with Crippen molar-refractivity contribution in [3.05, 3.63) is 64.6 Å². The summed E-state index contributed by atoms with van der Waals surface area (Å²) in [7, 11) is 0. The van der Waals surface area contributed by atoms with Crippen molar-refractivity contribution < 1.29 is 0 Å². The first kappa shape index (κ1) is 14.9. The number of benzene rings is 1. The SMILES string of the molecule is Cc1ccc(/C=C/c2cccc3c4c([nH]c23)C2CCCN(C4)C2)cn1. The van der Waals surface area contributed by atoms with Crippen molar-refractivity contribution in [1.29, 1.82) is 0 Å². The second kappa shape index (κ2) is 5.85. The summed E-state index contributed by atoms with van der Waals surface area (Å²) in [5, 5.41) is 1.40. The first-order valence-corrected chi connectivity index (χ1v) is 9.24. The van der Waals surface area contributed by atoms with Crippen LogP contribution in [0.5, 0.6) is 0 Å². The summed E-state index contributed by atoms with van der Waals surface area (Å²) in [5.41, 5.74) is 7.76. The van der Waals surface area contributed by atoms with Crippen LogP contribution < -0.4 is 0 Å². The number of hydrogen-bond donors (Lipinski definition) is 1. The molecular formula is C22H23N3. The topological polar surface area (TPSA) is 31.9 Å². The van der Waals surface area contributed by atoms with Gasteiger partial charge in [0.25, 0.3) is 0 Å². The van der Waals surface area contributed by atoms with E-state index in [9.17, 15) is 0 Å². The van der Waals surface area contributed by atoms with Gasteiger partial charge in [-0.2, -0.15) is 0 Å². The fourth-order valence-corrected chi connectivity index (χ4v) is 4.40. The van der Waals surface area contributed by atoms with Gasteiger partial charge in [0.2, 0.25) is 0 Å². The molecule has 0 amide bonds. The molecule has 4 heterocycles. The maximum absolute atomic E-state index is 4.38. The Kier molecular flexibility index (Phi) is 3.49. The molecule has 1 saturated heterocycles. The molecule has 25 heavy (non-hydrogen) atoms. The predicted molar refractivity (Wildman–Crippen MR) is 103 cm³/mol. The number of fused-ring (bicyclic) bond motifs is 6. The molecule has 126 valence electrons. The molecule has 3 nitrogen and oxygen atoms in total. The van der Waals surface area contributed by atoms with Crippen molar-refractivity contribution in [3.8, 4) is 0 Å². The zero-order chi connectivity index (χ0) is 16.8. The zero-order valence-electron chi connectivity index (χ0n) is 14.6. The Balaban J connectivity index is 1.57. The highest BCUT2D eigenvalue weighted by Gasteiger charge is 2.31. The number of rotatable bonds is 2. The summed E-state index contributed by atoms with van der Waals surface area (Å²) in [4.78, 5) is 10.8. The highest BCUT2D eigenvalue weighted by molar-refractivity contribution is 5.93. The first-order valence-electron chi connectivity index (χ1n) is 9.24. The van der Waals surface area contributed by atoms with Crippen LogP contribution in [0.15, 0.2) is 36.5 Å². The number of para-hydroxylation sites is 1. The van der Waals surface area contributed by atoms with E-state index in [1.165, 1.54) is 53.7 Å². The van der Waals surface area contributed by atoms with Crippen molar-refractivity contribution in [2.75, 3.05) is 13.1 Å². The van der Waals surface area contributed by atoms with E-state index < -0.39 is 0 Å². The molecule has 1 aromatic carbocycles. The quantitative estimate of drug-likeness (QED) is 0.737. The van der Waals surface area contributed by atoms with Crippen molar-refractivity contribution >= 4 is 23.1 Å². The third-order valence-electron chi connectivity index (χ3n) is 5.69. The zero-order valence-corrected chi connectivity index (χ0v) is 14.6. The van der Waals surface area contributed by atoms with Crippen LogP contribution in [0, 0.1) is 6.92 Å². The monoisotopic (exact) mass is 329 g/mol. The Labute approximate surface area is 148 Å². The van der Waals surface area contributed by atoms with Gasteiger partial charge in [0.15, 0.2) is 0 Å². The van der Waals surface area contributed by atoms with Crippen LogP contribution in [0.3, 0.4) is 0 Å². The van der Waals surface area contributed by atoms with E-state index in [4.69, 9.17) is 0 Å². The lowest BCUT2D eigenvalue weighted by molar-refractivity contribution is 0.181. The van der Waals surface area contributed by atoms with Crippen LogP contribution in [0.2, 0.25) is 0 Å². The van der Waals surface area contributed by atoms with Crippen LogP contribution in [0.1, 0.15) is 46.8 Å². The minimum absolute atomic E-state index is 0.683. The van der Waals surface area contributed by atoms with Gasteiger partial charge in [-0.3, -0.25) is 9.88 Å². The Morgan fingerprint density at radius 3 is 3.04 bits per heavy atom. The summed E-state index contributed by atoms with van der Waals surface area (Å²) in [6.45, 7) is 5.59. The van der Waals surface area contributed by atoms with E-state index in [1.54, 1.807) is 0 Å². The Bertz CT molecular complexity index is 949. The van der Waals surface area contributed by atoms with Gasteiger partial charge in [0, 0.05) is 42.0 Å². The van der Waals surface area contributed by atoms with E-state index in [0.29, 0.717) is 5.92 Å². The van der Waals surface area contributed by atoms with Gasteiger partial charge in [0.1, 0.15) is 0 Å². The smallest absolute Gasteiger partial charge is 0.0533 e. The molecular weight excluding hydrogens is 306 g/mol. The van der Waals surface area contributed by atoms with Crippen molar-refractivity contribution in [2.45, 2.75) is 32.2 Å². The fourth-order valence-electron chi connectivity index (χ4n) is 4.40. The molecule has 2 aliphatic rings. The van der Waals surface area contributed by atoms with Gasteiger partial charge in [0.05, 0.1) is 5.52 Å². The fraction of sp³-hybridized carbons (Fsp3) is 0.318. The van der Waals surface area contributed by atoms with Crippen molar-refractivity contribution in [3.63, 3.8) is 0 Å². The normalized spacial score (nSPS) is 22.4. The molecule has 3 aromatic rings. The molecule has 2 aliphatic heterocycles. The van der Waals surface area contributed by atoms with Gasteiger partial charge < -0.3 is 4.98 Å². The lowest BCUT2D eigenvalue weighted by Crippen LogP contribution is -2.38. The van der Waals surface area contributed by atoms with Gasteiger partial charge in [-0.25, -0.2) is 0 Å². The molecule has 0 radical (unpaired) electrons. The molecule has 1 N–H and O–H groups in total. The predicted octanol–water partition coefficient (Wildman–Crippen LogP) is 4.73. The number of aryl methyl sites for hydroxylation is 1. The maximum Gasteiger partial charge on any atom is 0.0533 e. The lowest BCUT2D eigenvalue weighted by atomic mass is 9.88. The van der Waals surface area contributed by atoms with Crippen LogP contribution in [-0.2, 0) is 6.54 Å². The number of nitrogens with zero attached hydrogens (tertiary/aromatic N) is 2. The highest BCUT2D eigenvalue weighted by Crippen LogP contribution is 2.39. The second-order valence-electron chi connectivity index (χ2n) is 7.43.